The number of imide groups is 1. The Bertz CT molecular complexity index is 496. The van der Waals surface area contributed by atoms with E-state index < -0.39 is 0 Å². The molecule has 1 aliphatic carbocycles. The number of carbonyl (C=O) groups is 2. The van der Waals surface area contributed by atoms with Crippen LogP contribution in [0, 0.1) is 5.92 Å². The number of carbonyl (C=O) groups excluding carboxylic acids is 2. The molecule has 0 aromatic heterocycles. The van der Waals surface area contributed by atoms with E-state index in [1.54, 1.807) is 29.2 Å². The zero-order valence-corrected chi connectivity index (χ0v) is 10.6. The predicted octanol–water partition coefficient (Wildman–Crippen LogP) is 2.52. The number of nitrogens with zero attached hydrogens (tertiary/aromatic N) is 2. The van der Waals surface area contributed by atoms with Gasteiger partial charge < -0.3 is 4.90 Å². The smallest absolute Gasteiger partial charge is 0.314 e. The van der Waals surface area contributed by atoms with Crippen molar-refractivity contribution in [2.24, 2.45) is 5.92 Å². The maximum absolute atomic E-state index is 12.2. The summed E-state index contributed by atoms with van der Waals surface area (Å²) in [7, 11) is 0. The average Bonchev–Trinajstić information content (AvgIpc) is 3.10. The summed E-state index contributed by atoms with van der Waals surface area (Å²) in [4.78, 5) is 26.9. The van der Waals surface area contributed by atoms with E-state index in [1.165, 1.54) is 17.7 Å². The molecular weight excluding hydrogens is 252 g/mol. The first-order valence-electron chi connectivity index (χ1n) is 6.02. The highest BCUT2D eigenvalue weighted by molar-refractivity contribution is 6.30. The van der Waals surface area contributed by atoms with Crippen molar-refractivity contribution < 1.29 is 9.59 Å². The summed E-state index contributed by atoms with van der Waals surface area (Å²) >= 11 is 5.80. The second-order valence-corrected chi connectivity index (χ2v) is 5.25. The van der Waals surface area contributed by atoms with Crippen molar-refractivity contribution in [2.45, 2.75) is 12.8 Å². The van der Waals surface area contributed by atoms with Crippen molar-refractivity contribution in [3.05, 3.63) is 29.3 Å². The van der Waals surface area contributed by atoms with Gasteiger partial charge in [-0.1, -0.05) is 11.6 Å². The van der Waals surface area contributed by atoms with Crippen LogP contribution < -0.4 is 4.90 Å². The van der Waals surface area contributed by atoms with E-state index in [0.717, 1.165) is 0 Å². The molecule has 3 rings (SSSR count). The lowest BCUT2D eigenvalue weighted by atomic mass is 10.3. The van der Waals surface area contributed by atoms with Crippen LogP contribution in [-0.4, -0.2) is 29.9 Å². The molecular formula is C13H13ClN2O2. The fraction of sp³-hybridized carbons (Fsp3) is 0.385. The summed E-state index contributed by atoms with van der Waals surface area (Å²) < 4.78 is 0. The van der Waals surface area contributed by atoms with Crippen molar-refractivity contribution in [3.63, 3.8) is 0 Å². The van der Waals surface area contributed by atoms with Gasteiger partial charge in [0.05, 0.1) is 5.69 Å². The minimum atomic E-state index is -0.214. The predicted molar refractivity (Wildman–Crippen MR) is 68.6 cm³/mol. The van der Waals surface area contributed by atoms with Gasteiger partial charge in [-0.15, -0.1) is 0 Å². The molecule has 3 amide bonds. The van der Waals surface area contributed by atoms with Gasteiger partial charge >= 0.3 is 6.03 Å². The molecule has 1 aromatic carbocycles. The third-order valence-corrected chi connectivity index (χ3v) is 3.55. The van der Waals surface area contributed by atoms with E-state index in [9.17, 15) is 9.59 Å². The lowest BCUT2D eigenvalue weighted by Crippen LogP contribution is -2.33. The van der Waals surface area contributed by atoms with Crippen LogP contribution in [0.15, 0.2) is 24.3 Å². The highest BCUT2D eigenvalue weighted by atomic mass is 35.5. The van der Waals surface area contributed by atoms with Crippen LogP contribution in [0.25, 0.3) is 0 Å². The Kier molecular flexibility index (Phi) is 2.74. The zero-order chi connectivity index (χ0) is 12.7. The van der Waals surface area contributed by atoms with E-state index in [2.05, 4.69) is 0 Å². The number of benzene rings is 1. The normalized spacial score (nSPS) is 19.8. The maximum Gasteiger partial charge on any atom is 0.331 e. The molecule has 1 saturated carbocycles. The molecule has 1 aliphatic heterocycles. The number of hydrogen-bond donors (Lipinski definition) is 0. The van der Waals surface area contributed by atoms with Crippen LogP contribution in [0.3, 0.4) is 0 Å². The second kappa shape index (κ2) is 4.28. The number of rotatable bonds is 3. The van der Waals surface area contributed by atoms with Crippen LogP contribution in [-0.2, 0) is 4.79 Å². The van der Waals surface area contributed by atoms with Crippen LogP contribution >= 0.6 is 11.6 Å². The van der Waals surface area contributed by atoms with E-state index in [-0.39, 0.29) is 18.5 Å². The summed E-state index contributed by atoms with van der Waals surface area (Å²) in [6.45, 7) is 0.895. The van der Waals surface area contributed by atoms with E-state index >= 15 is 0 Å². The van der Waals surface area contributed by atoms with Gasteiger partial charge in [0.2, 0.25) is 0 Å². The number of urea groups is 1. The van der Waals surface area contributed by atoms with Crippen molar-refractivity contribution in [1.29, 1.82) is 0 Å². The van der Waals surface area contributed by atoms with Crippen LogP contribution in [0.1, 0.15) is 12.8 Å². The highest BCUT2D eigenvalue weighted by Gasteiger charge is 2.39. The lowest BCUT2D eigenvalue weighted by Gasteiger charge is -2.16. The Morgan fingerprint density at radius 2 is 1.83 bits per heavy atom. The van der Waals surface area contributed by atoms with Crippen molar-refractivity contribution in [1.82, 2.24) is 4.90 Å². The molecule has 5 heteroatoms. The molecule has 0 N–H and O–H groups in total. The molecule has 0 atom stereocenters. The van der Waals surface area contributed by atoms with Crippen molar-refractivity contribution >= 4 is 29.2 Å². The number of anilines is 1. The van der Waals surface area contributed by atoms with Gasteiger partial charge in [0, 0.05) is 11.6 Å². The minimum absolute atomic E-state index is 0.164. The summed E-state index contributed by atoms with van der Waals surface area (Å²) in [6, 6.07) is 6.54. The SMILES string of the molecule is O=C1CN(CC2CC2)C(=O)N1c1ccc(Cl)cc1. The Labute approximate surface area is 110 Å². The molecule has 0 bridgehead atoms. The number of amides is 3. The average molecular weight is 265 g/mol. The minimum Gasteiger partial charge on any atom is -0.314 e. The van der Waals surface area contributed by atoms with Gasteiger partial charge in [-0.3, -0.25) is 4.79 Å². The quantitative estimate of drug-likeness (QED) is 0.787. The van der Waals surface area contributed by atoms with E-state index in [1.807, 2.05) is 0 Å². The fourth-order valence-corrected chi connectivity index (χ4v) is 2.28. The molecule has 0 radical (unpaired) electrons. The van der Waals surface area contributed by atoms with Crippen LogP contribution in [0.2, 0.25) is 5.02 Å². The van der Waals surface area contributed by atoms with Gasteiger partial charge in [0.1, 0.15) is 6.54 Å². The Morgan fingerprint density at radius 1 is 1.17 bits per heavy atom. The summed E-state index contributed by atoms with van der Waals surface area (Å²) in [5.74, 6) is 0.426. The maximum atomic E-state index is 12.2. The third-order valence-electron chi connectivity index (χ3n) is 3.30. The summed E-state index contributed by atoms with van der Waals surface area (Å²) in [5, 5.41) is 0.590. The van der Waals surface area contributed by atoms with Gasteiger partial charge in [-0.2, -0.15) is 0 Å². The zero-order valence-electron chi connectivity index (χ0n) is 9.80. The first kappa shape index (κ1) is 11.5. The van der Waals surface area contributed by atoms with Crippen molar-refractivity contribution in [3.8, 4) is 0 Å². The number of halogens is 1. The largest absolute Gasteiger partial charge is 0.331 e. The molecule has 0 unspecified atom stereocenters. The first-order valence-corrected chi connectivity index (χ1v) is 6.40. The third kappa shape index (κ3) is 2.08. The molecule has 1 saturated heterocycles. The molecule has 2 fully saturated rings. The molecule has 1 heterocycles. The molecule has 18 heavy (non-hydrogen) atoms. The molecule has 4 nitrogen and oxygen atoms in total. The topological polar surface area (TPSA) is 40.6 Å². The molecule has 94 valence electrons. The number of hydrogen-bond acceptors (Lipinski definition) is 2. The first-order chi connectivity index (χ1) is 8.65. The van der Waals surface area contributed by atoms with Crippen molar-refractivity contribution in [2.75, 3.05) is 18.0 Å². The summed E-state index contributed by atoms with van der Waals surface area (Å²) in [5.41, 5.74) is 0.590. The molecule has 2 aliphatic rings. The highest BCUT2D eigenvalue weighted by Crippen LogP contribution is 2.32. The second-order valence-electron chi connectivity index (χ2n) is 4.81. The standard InChI is InChI=1S/C13H13ClN2O2/c14-10-3-5-11(6-4-10)16-12(17)8-15(13(16)18)7-9-1-2-9/h3-6,9H,1-2,7-8H2. The van der Waals surface area contributed by atoms with Crippen LogP contribution in [0.5, 0.6) is 0 Å². The Hall–Kier alpha value is -1.55. The molecule has 0 spiro atoms. The molecule has 1 aromatic rings. The van der Waals surface area contributed by atoms with Gasteiger partial charge in [0.15, 0.2) is 0 Å². The lowest BCUT2D eigenvalue weighted by molar-refractivity contribution is -0.116. The Morgan fingerprint density at radius 3 is 2.44 bits per heavy atom. The van der Waals surface area contributed by atoms with Gasteiger partial charge in [-0.05, 0) is 43.0 Å². The van der Waals surface area contributed by atoms with Gasteiger partial charge in [0.25, 0.3) is 5.91 Å². The Balaban J connectivity index is 1.80. The van der Waals surface area contributed by atoms with Crippen LogP contribution in [0.4, 0.5) is 10.5 Å². The monoisotopic (exact) mass is 264 g/mol. The van der Waals surface area contributed by atoms with E-state index in [0.29, 0.717) is 23.2 Å². The van der Waals surface area contributed by atoms with Gasteiger partial charge in [-0.25, -0.2) is 9.69 Å². The summed E-state index contributed by atoms with van der Waals surface area (Å²) in [6.07, 6.45) is 2.33. The fourth-order valence-electron chi connectivity index (χ4n) is 2.15. The van der Waals surface area contributed by atoms with E-state index in [4.69, 9.17) is 11.6 Å².